The molecule has 2 rings (SSSR count). The quantitative estimate of drug-likeness (QED) is 0.682. The molecule has 0 saturated heterocycles. The van der Waals surface area contributed by atoms with Crippen molar-refractivity contribution in [3.8, 4) is 0 Å². The van der Waals surface area contributed by atoms with Gasteiger partial charge in [0.25, 0.3) is 0 Å². The van der Waals surface area contributed by atoms with Crippen LogP contribution in [-0.2, 0) is 26.2 Å². The van der Waals surface area contributed by atoms with Gasteiger partial charge in [-0.2, -0.15) is 51.5 Å². The third kappa shape index (κ3) is 21.4. The zero-order chi connectivity index (χ0) is 17.4. The molecule has 2 aromatic rings. The van der Waals surface area contributed by atoms with Gasteiger partial charge in [-0.1, -0.05) is 52.9 Å². The molecule has 0 spiro atoms. The van der Waals surface area contributed by atoms with E-state index in [-0.39, 0.29) is 26.2 Å². The van der Waals surface area contributed by atoms with Crippen molar-refractivity contribution >= 4 is 0 Å². The van der Waals surface area contributed by atoms with Gasteiger partial charge in [0.2, 0.25) is 0 Å². The van der Waals surface area contributed by atoms with E-state index in [9.17, 15) is 0 Å². The summed E-state index contributed by atoms with van der Waals surface area (Å²) in [6.07, 6.45) is 0. The number of hydrogen-bond acceptors (Lipinski definition) is 2. The normalized spacial score (nSPS) is 8.35. The SMILES string of the molecule is CC[N-]C.CC[N-]C.Cc1cc[c-](C)n1.Cc1cc[c-](C)n1.[Zr+4]. The summed E-state index contributed by atoms with van der Waals surface area (Å²) in [6, 6.07) is 8.04. The molecule has 0 bridgehead atoms. The molecular weight excluding hydrogens is 363 g/mol. The Bertz CT molecular complexity index is 370. The molecular formula is C18H32N4Zr. The van der Waals surface area contributed by atoms with Crippen LogP contribution < -0.4 is 0 Å². The molecule has 2 aromatic heterocycles. The average Bonchev–Trinajstić information content (AvgIpc) is 3.07. The first-order valence-electron chi connectivity index (χ1n) is 7.66. The van der Waals surface area contributed by atoms with E-state index in [2.05, 4.69) is 20.6 Å². The van der Waals surface area contributed by atoms with Gasteiger partial charge in [0.05, 0.1) is 0 Å². The molecule has 4 nitrogen and oxygen atoms in total. The van der Waals surface area contributed by atoms with Crippen LogP contribution in [0.2, 0.25) is 0 Å². The fourth-order valence-corrected chi connectivity index (χ4v) is 1.19. The van der Waals surface area contributed by atoms with Crippen molar-refractivity contribution in [3.63, 3.8) is 0 Å². The zero-order valence-corrected chi connectivity index (χ0v) is 18.5. The van der Waals surface area contributed by atoms with Gasteiger partial charge >= 0.3 is 26.2 Å². The summed E-state index contributed by atoms with van der Waals surface area (Å²) in [5, 5.41) is 7.47. The first-order valence-corrected chi connectivity index (χ1v) is 7.66. The standard InChI is InChI=1S/2C6H8N.2C3H8N.Zr/c2*1-5-3-4-6(2)7-5;2*1-3-4-2;/h2*3-4H,1-2H3;2*3H2,1-2H3;/q4*-1;+4. The zero-order valence-electron chi connectivity index (χ0n) is 16.0. The number of aryl methyl sites for hydroxylation is 4. The van der Waals surface area contributed by atoms with Crippen molar-refractivity contribution < 1.29 is 26.2 Å². The maximum Gasteiger partial charge on any atom is 4.00 e. The van der Waals surface area contributed by atoms with Crippen LogP contribution in [0.25, 0.3) is 10.6 Å². The summed E-state index contributed by atoms with van der Waals surface area (Å²) >= 11 is 0. The molecule has 0 saturated carbocycles. The van der Waals surface area contributed by atoms with Crippen molar-refractivity contribution in [2.75, 3.05) is 27.2 Å². The number of aromatic nitrogens is 2. The first kappa shape index (κ1) is 27.2. The second kappa shape index (κ2) is 19.4. The van der Waals surface area contributed by atoms with Crippen LogP contribution in [0.1, 0.15) is 36.6 Å². The maximum absolute atomic E-state index is 4.11. The maximum atomic E-state index is 4.11. The van der Waals surface area contributed by atoms with E-state index >= 15 is 0 Å². The smallest absolute Gasteiger partial charge is 0.665 e. The van der Waals surface area contributed by atoms with Crippen molar-refractivity contribution in [3.05, 3.63) is 57.7 Å². The van der Waals surface area contributed by atoms with Crippen LogP contribution in [-0.4, -0.2) is 37.2 Å². The van der Waals surface area contributed by atoms with Gasteiger partial charge in [0.1, 0.15) is 0 Å². The van der Waals surface area contributed by atoms with Crippen LogP contribution in [0, 0.1) is 27.7 Å². The fourth-order valence-electron chi connectivity index (χ4n) is 1.19. The topological polar surface area (TPSA) is 54.0 Å². The largest absolute Gasteiger partial charge is 4.00 e. The molecule has 0 fully saturated rings. The summed E-state index contributed by atoms with van der Waals surface area (Å²) in [6.45, 7) is 13.9. The first-order chi connectivity index (χ1) is 10.4. The van der Waals surface area contributed by atoms with Gasteiger partial charge < -0.3 is 20.6 Å². The molecule has 0 aromatic carbocycles. The Labute approximate surface area is 162 Å². The summed E-state index contributed by atoms with van der Waals surface area (Å²) < 4.78 is 0. The van der Waals surface area contributed by atoms with Crippen LogP contribution in [0.4, 0.5) is 0 Å². The Hall–Kier alpha value is -0.637. The molecule has 5 heteroatoms. The van der Waals surface area contributed by atoms with E-state index in [0.29, 0.717) is 0 Å². The summed E-state index contributed by atoms with van der Waals surface area (Å²) in [7, 11) is 3.61. The second-order valence-electron chi connectivity index (χ2n) is 4.72. The third-order valence-corrected chi connectivity index (χ3v) is 2.47. The Morgan fingerprint density at radius 1 is 0.826 bits per heavy atom. The number of rotatable bonds is 2. The predicted molar refractivity (Wildman–Crippen MR) is 98.3 cm³/mol. The van der Waals surface area contributed by atoms with Gasteiger partial charge in [-0.05, 0) is 0 Å². The monoisotopic (exact) mass is 394 g/mol. The summed E-state index contributed by atoms with van der Waals surface area (Å²) in [4.78, 5) is 8.22. The fraction of sp³-hybridized carbons (Fsp3) is 0.556. The van der Waals surface area contributed by atoms with Crippen molar-refractivity contribution in [1.82, 2.24) is 9.97 Å². The Morgan fingerprint density at radius 3 is 1.13 bits per heavy atom. The molecule has 0 radical (unpaired) electrons. The third-order valence-electron chi connectivity index (χ3n) is 2.47. The van der Waals surface area contributed by atoms with E-state index in [1.54, 1.807) is 14.1 Å². The van der Waals surface area contributed by atoms with Gasteiger partial charge in [0, 0.05) is 0 Å². The van der Waals surface area contributed by atoms with Crippen LogP contribution in [0.15, 0.2) is 24.3 Å². The molecule has 2 heterocycles. The Morgan fingerprint density at radius 2 is 1.09 bits per heavy atom. The van der Waals surface area contributed by atoms with E-state index in [4.69, 9.17) is 0 Å². The molecule has 0 N–H and O–H groups in total. The molecule has 0 amide bonds. The molecule has 128 valence electrons. The van der Waals surface area contributed by atoms with Crippen LogP contribution >= 0.6 is 0 Å². The minimum atomic E-state index is 0. The van der Waals surface area contributed by atoms with E-state index in [1.165, 1.54) is 0 Å². The van der Waals surface area contributed by atoms with Gasteiger partial charge in [-0.3, -0.25) is 0 Å². The summed E-state index contributed by atoms with van der Waals surface area (Å²) in [5.41, 5.74) is 4.44. The van der Waals surface area contributed by atoms with Gasteiger partial charge in [-0.25, -0.2) is 0 Å². The average molecular weight is 396 g/mol. The Balaban J connectivity index is -0.000000238. The van der Waals surface area contributed by atoms with Crippen molar-refractivity contribution in [2.45, 2.75) is 41.5 Å². The van der Waals surface area contributed by atoms with Crippen molar-refractivity contribution in [2.24, 2.45) is 0 Å². The van der Waals surface area contributed by atoms with Crippen LogP contribution in [0.3, 0.4) is 0 Å². The minimum absolute atomic E-state index is 0. The molecule has 0 aliphatic rings. The molecule has 23 heavy (non-hydrogen) atoms. The van der Waals surface area contributed by atoms with Gasteiger partial charge in [-0.15, -0.1) is 11.4 Å². The minimum Gasteiger partial charge on any atom is -0.665 e. The number of nitrogens with zero attached hydrogens (tertiary/aromatic N) is 4. The molecule has 0 atom stereocenters. The van der Waals surface area contributed by atoms with E-state index in [0.717, 1.165) is 35.9 Å². The van der Waals surface area contributed by atoms with Gasteiger partial charge in [0.15, 0.2) is 0 Å². The predicted octanol–water partition coefficient (Wildman–Crippen LogP) is 4.85. The van der Waals surface area contributed by atoms with E-state index < -0.39 is 0 Å². The molecule has 0 unspecified atom stereocenters. The molecule has 0 aliphatic heterocycles. The van der Waals surface area contributed by atoms with Crippen LogP contribution in [0.5, 0.6) is 0 Å². The number of hydrogen-bond donors (Lipinski definition) is 0. The Kier molecular flexibility index (Phi) is 23.0. The van der Waals surface area contributed by atoms with Crippen molar-refractivity contribution in [1.29, 1.82) is 0 Å². The summed E-state index contributed by atoms with van der Waals surface area (Å²) in [5.74, 6) is 0. The van der Waals surface area contributed by atoms with E-state index in [1.807, 2.05) is 65.8 Å². The second-order valence-corrected chi connectivity index (χ2v) is 4.72. The molecule has 0 aliphatic carbocycles.